The Morgan fingerprint density at radius 2 is 2.25 bits per heavy atom. The maximum atomic E-state index is 12.2. The highest BCUT2D eigenvalue weighted by Crippen LogP contribution is 2.18. The molecule has 1 amide bonds. The third kappa shape index (κ3) is 4.06. The number of aryl methyl sites for hydroxylation is 1. The predicted molar refractivity (Wildman–Crippen MR) is 98.2 cm³/mol. The van der Waals surface area contributed by atoms with Crippen molar-refractivity contribution in [3.63, 3.8) is 0 Å². The first-order valence-electron chi connectivity index (χ1n) is 6.92. The normalized spacial score (nSPS) is 10.6. The zero-order valence-corrected chi connectivity index (χ0v) is 15.5. The third-order valence-corrected chi connectivity index (χ3v) is 4.07. The van der Waals surface area contributed by atoms with Crippen LogP contribution in [0.15, 0.2) is 42.9 Å². The average Bonchev–Trinajstić information content (AvgIpc) is 3.11. The topological polar surface area (TPSA) is 74.0 Å². The van der Waals surface area contributed by atoms with Gasteiger partial charge in [0.05, 0.1) is 21.7 Å². The summed E-state index contributed by atoms with van der Waals surface area (Å²) in [5.74, 6) is 0.363. The van der Waals surface area contributed by atoms with Crippen LogP contribution in [0.2, 0.25) is 5.02 Å². The molecule has 2 aromatic heterocycles. The first-order chi connectivity index (χ1) is 11.5. The van der Waals surface area contributed by atoms with Crippen LogP contribution in [-0.4, -0.2) is 25.5 Å². The highest BCUT2D eigenvalue weighted by molar-refractivity contribution is 14.1. The number of carbonyl (C=O) groups excluding carboxylic acids is 1. The van der Waals surface area contributed by atoms with E-state index in [0.29, 0.717) is 22.2 Å². The Morgan fingerprint density at radius 1 is 1.42 bits per heavy atom. The largest absolute Gasteiger partial charge is 0.471 e. The summed E-state index contributed by atoms with van der Waals surface area (Å²) in [5.41, 5.74) is 0.942. The van der Waals surface area contributed by atoms with E-state index < -0.39 is 0 Å². The quantitative estimate of drug-likeness (QED) is 0.597. The minimum atomic E-state index is -0.282. The number of hydrogen-bond acceptors (Lipinski definition) is 4. The lowest BCUT2D eigenvalue weighted by Crippen LogP contribution is -2.14. The summed E-state index contributed by atoms with van der Waals surface area (Å²) >= 11 is 7.97. The number of nitrogens with one attached hydrogen (secondary N) is 1. The fraction of sp³-hybridized carbons (Fsp3) is 0.133. The first kappa shape index (κ1) is 16.8. The van der Waals surface area contributed by atoms with Gasteiger partial charge in [0.25, 0.3) is 5.91 Å². The molecule has 24 heavy (non-hydrogen) atoms. The molecular weight excluding hydrogens is 445 g/mol. The van der Waals surface area contributed by atoms with Gasteiger partial charge in [-0.05, 0) is 40.8 Å². The molecule has 9 heteroatoms. The van der Waals surface area contributed by atoms with Crippen LogP contribution in [0.5, 0.6) is 5.75 Å². The fourth-order valence-corrected chi connectivity index (χ4v) is 2.94. The van der Waals surface area contributed by atoms with Crippen molar-refractivity contribution in [3.8, 4) is 5.75 Å². The number of nitrogens with zero attached hydrogens (tertiary/aromatic N) is 4. The number of carbonyl (C=O) groups is 1. The van der Waals surface area contributed by atoms with Crippen molar-refractivity contribution in [1.82, 2.24) is 19.6 Å². The Balaban J connectivity index is 1.61. The molecule has 124 valence electrons. The Kier molecular flexibility index (Phi) is 5.05. The molecule has 0 aliphatic heterocycles. The number of rotatable bonds is 5. The summed E-state index contributed by atoms with van der Waals surface area (Å²) in [6, 6.07) is 7.10. The van der Waals surface area contributed by atoms with Crippen LogP contribution in [0.4, 0.5) is 5.69 Å². The maximum Gasteiger partial charge on any atom is 0.277 e. The molecule has 0 aliphatic carbocycles. The molecule has 0 unspecified atom stereocenters. The second-order valence-corrected chi connectivity index (χ2v) is 6.55. The molecule has 3 aromatic rings. The molecule has 2 heterocycles. The van der Waals surface area contributed by atoms with Crippen LogP contribution >= 0.6 is 34.2 Å². The molecular formula is C15H13ClIN5O2. The van der Waals surface area contributed by atoms with Gasteiger partial charge in [-0.2, -0.15) is 10.2 Å². The summed E-state index contributed by atoms with van der Waals surface area (Å²) < 4.78 is 9.53. The van der Waals surface area contributed by atoms with Crippen molar-refractivity contribution in [2.24, 2.45) is 7.05 Å². The summed E-state index contributed by atoms with van der Waals surface area (Å²) in [5, 5.41) is 11.6. The van der Waals surface area contributed by atoms with Crippen LogP contribution < -0.4 is 10.1 Å². The van der Waals surface area contributed by atoms with Gasteiger partial charge in [0.15, 0.2) is 12.4 Å². The van der Waals surface area contributed by atoms with Gasteiger partial charge in [0.2, 0.25) is 0 Å². The molecule has 0 saturated carbocycles. The number of aromatic nitrogens is 4. The second kappa shape index (κ2) is 7.22. The number of halogens is 2. The van der Waals surface area contributed by atoms with Gasteiger partial charge >= 0.3 is 0 Å². The summed E-state index contributed by atoms with van der Waals surface area (Å²) in [4.78, 5) is 12.2. The van der Waals surface area contributed by atoms with Crippen LogP contribution in [0.3, 0.4) is 0 Å². The van der Waals surface area contributed by atoms with E-state index >= 15 is 0 Å². The highest BCUT2D eigenvalue weighted by atomic mass is 127. The molecule has 1 aromatic carbocycles. The van der Waals surface area contributed by atoms with Crippen LogP contribution in [0.25, 0.3) is 0 Å². The first-order valence-corrected chi connectivity index (χ1v) is 8.38. The lowest BCUT2D eigenvalue weighted by Gasteiger charge is -2.06. The summed E-state index contributed by atoms with van der Waals surface area (Å²) in [6.07, 6.45) is 5.00. The van der Waals surface area contributed by atoms with Crippen molar-refractivity contribution in [1.29, 1.82) is 0 Å². The molecule has 0 saturated heterocycles. The van der Waals surface area contributed by atoms with Gasteiger partial charge in [0.1, 0.15) is 5.75 Å². The van der Waals surface area contributed by atoms with E-state index in [1.54, 1.807) is 59.3 Å². The lowest BCUT2D eigenvalue weighted by atomic mass is 10.3. The molecule has 7 nitrogen and oxygen atoms in total. The summed E-state index contributed by atoms with van der Waals surface area (Å²) in [7, 11) is 1.77. The van der Waals surface area contributed by atoms with E-state index in [0.717, 1.165) is 3.57 Å². The maximum absolute atomic E-state index is 12.2. The van der Waals surface area contributed by atoms with Gasteiger partial charge in [-0.1, -0.05) is 17.7 Å². The SMILES string of the molecule is Cn1cc(I)c(C(=O)Nc2cnn(COc3cccc(Cl)c3)c2)n1. The van der Waals surface area contributed by atoms with E-state index in [2.05, 4.69) is 38.1 Å². The monoisotopic (exact) mass is 457 g/mol. The Morgan fingerprint density at radius 3 is 2.96 bits per heavy atom. The summed E-state index contributed by atoms with van der Waals surface area (Å²) in [6.45, 7) is 0.206. The van der Waals surface area contributed by atoms with Gasteiger partial charge in [-0.15, -0.1) is 0 Å². The van der Waals surface area contributed by atoms with Crippen LogP contribution in [0, 0.1) is 3.57 Å². The zero-order valence-electron chi connectivity index (χ0n) is 12.6. The molecule has 3 rings (SSSR count). The molecule has 0 spiro atoms. The van der Waals surface area contributed by atoms with E-state index in [1.807, 2.05) is 0 Å². The minimum Gasteiger partial charge on any atom is -0.471 e. The second-order valence-electron chi connectivity index (χ2n) is 4.95. The van der Waals surface area contributed by atoms with E-state index in [-0.39, 0.29) is 12.6 Å². The van der Waals surface area contributed by atoms with Gasteiger partial charge in [0, 0.05) is 18.3 Å². The minimum absolute atomic E-state index is 0.206. The average molecular weight is 458 g/mol. The van der Waals surface area contributed by atoms with Gasteiger partial charge in [-0.3, -0.25) is 9.48 Å². The molecule has 0 bridgehead atoms. The lowest BCUT2D eigenvalue weighted by molar-refractivity contribution is 0.102. The molecule has 0 aliphatic rings. The molecule has 0 atom stereocenters. The number of amides is 1. The zero-order chi connectivity index (χ0) is 17.1. The van der Waals surface area contributed by atoms with Crippen molar-refractivity contribution in [2.45, 2.75) is 6.73 Å². The van der Waals surface area contributed by atoms with Gasteiger partial charge < -0.3 is 10.1 Å². The van der Waals surface area contributed by atoms with Crippen molar-refractivity contribution < 1.29 is 9.53 Å². The predicted octanol–water partition coefficient (Wildman–Crippen LogP) is 3.16. The Bertz CT molecular complexity index is 876. The van der Waals surface area contributed by atoms with E-state index in [4.69, 9.17) is 16.3 Å². The van der Waals surface area contributed by atoms with E-state index in [1.165, 1.54) is 0 Å². The standard InChI is InChI=1S/C15H13ClIN5O2/c1-21-8-13(17)14(20-21)15(23)19-11-6-18-22(7-11)9-24-12-4-2-3-10(16)5-12/h2-8H,9H2,1H3,(H,19,23). The Hall–Kier alpha value is -2.07. The molecule has 0 radical (unpaired) electrons. The van der Waals surface area contributed by atoms with Crippen molar-refractivity contribution >= 4 is 45.8 Å². The third-order valence-electron chi connectivity index (χ3n) is 3.05. The number of ether oxygens (including phenoxy) is 1. The molecule has 0 fully saturated rings. The van der Waals surface area contributed by atoms with Crippen LogP contribution in [0.1, 0.15) is 10.5 Å². The number of hydrogen-bond donors (Lipinski definition) is 1. The Labute approximate surface area is 156 Å². The highest BCUT2D eigenvalue weighted by Gasteiger charge is 2.15. The van der Waals surface area contributed by atoms with Crippen molar-refractivity contribution in [2.75, 3.05) is 5.32 Å². The van der Waals surface area contributed by atoms with Crippen LogP contribution in [-0.2, 0) is 13.8 Å². The van der Waals surface area contributed by atoms with Gasteiger partial charge in [-0.25, -0.2) is 4.68 Å². The molecule has 1 N–H and O–H groups in total. The fourth-order valence-electron chi connectivity index (χ4n) is 2.00. The smallest absolute Gasteiger partial charge is 0.277 e. The number of anilines is 1. The number of benzene rings is 1. The van der Waals surface area contributed by atoms with Crippen molar-refractivity contribution in [3.05, 3.63) is 57.1 Å². The van der Waals surface area contributed by atoms with E-state index in [9.17, 15) is 4.79 Å².